The molecule has 0 spiro atoms. The molecule has 6 nitrogen and oxygen atoms in total. The van der Waals surface area contributed by atoms with Crippen LogP contribution >= 0.6 is 0 Å². The molecule has 0 fully saturated rings. The van der Waals surface area contributed by atoms with Gasteiger partial charge in [-0.25, -0.2) is 0 Å². The van der Waals surface area contributed by atoms with Crippen molar-refractivity contribution >= 4 is 16.1 Å². The lowest BCUT2D eigenvalue weighted by Crippen LogP contribution is -2.44. The van der Waals surface area contributed by atoms with Crippen molar-refractivity contribution in [1.82, 2.24) is 0 Å². The lowest BCUT2D eigenvalue weighted by atomic mass is 9.97. The number of carboxylic acids is 1. The maximum absolute atomic E-state index is 10.5. The van der Waals surface area contributed by atoms with Gasteiger partial charge < -0.3 is 10.8 Å². The van der Waals surface area contributed by atoms with Gasteiger partial charge in [0.15, 0.2) is 0 Å². The van der Waals surface area contributed by atoms with Crippen molar-refractivity contribution in [1.29, 1.82) is 0 Å². The Hall–Kier alpha value is -0.660. The summed E-state index contributed by atoms with van der Waals surface area (Å²) in [6, 6.07) is 0. The molecule has 0 bridgehead atoms. The van der Waals surface area contributed by atoms with Gasteiger partial charge in [-0.3, -0.25) is 9.35 Å². The molecule has 0 saturated heterocycles. The molecule has 84 valence electrons. The van der Waals surface area contributed by atoms with Gasteiger partial charge in [-0.1, -0.05) is 0 Å². The molecule has 0 radical (unpaired) electrons. The summed E-state index contributed by atoms with van der Waals surface area (Å²) < 4.78 is 29.0. The zero-order valence-electron chi connectivity index (χ0n) is 7.93. The highest BCUT2D eigenvalue weighted by Gasteiger charge is 2.26. The van der Waals surface area contributed by atoms with Gasteiger partial charge in [0.25, 0.3) is 10.1 Å². The Morgan fingerprint density at radius 2 is 1.93 bits per heavy atom. The van der Waals surface area contributed by atoms with E-state index in [1.54, 1.807) is 0 Å². The van der Waals surface area contributed by atoms with Crippen molar-refractivity contribution in [3.05, 3.63) is 0 Å². The highest BCUT2D eigenvalue weighted by Crippen LogP contribution is 2.11. The van der Waals surface area contributed by atoms with E-state index in [4.69, 9.17) is 15.4 Å². The number of carbonyl (C=O) groups is 1. The predicted molar refractivity (Wildman–Crippen MR) is 50.5 cm³/mol. The first kappa shape index (κ1) is 13.3. The molecule has 0 aromatic carbocycles. The normalized spacial score (nSPS) is 16.2. The Balaban J connectivity index is 3.81. The summed E-state index contributed by atoms with van der Waals surface area (Å²) in [4.78, 5) is 10.5. The molecular formula is C7H15NO5S. The van der Waals surface area contributed by atoms with E-state index in [-0.39, 0.29) is 18.6 Å². The smallest absolute Gasteiger partial charge is 0.323 e. The standard InChI is InChI=1S/C7H15NO5S/c1-7(8,6(9)10)4-2-3-5-14(11,12)13/h2-5,8H2,1H3,(H,9,10)(H,11,12,13). The van der Waals surface area contributed by atoms with Crippen LogP contribution in [0.4, 0.5) is 0 Å². The van der Waals surface area contributed by atoms with Crippen LogP contribution in [-0.2, 0) is 14.9 Å². The Kier molecular flexibility index (Phi) is 4.50. The predicted octanol–water partition coefficient (Wildman–Crippen LogP) is -0.153. The van der Waals surface area contributed by atoms with Crippen LogP contribution in [0.3, 0.4) is 0 Å². The van der Waals surface area contributed by atoms with Crippen molar-refractivity contribution in [2.75, 3.05) is 5.75 Å². The van der Waals surface area contributed by atoms with Crippen LogP contribution in [-0.4, -0.2) is 35.3 Å². The Bertz CT molecular complexity index is 295. The fraction of sp³-hybridized carbons (Fsp3) is 0.857. The molecule has 0 saturated carbocycles. The summed E-state index contributed by atoms with van der Waals surface area (Å²) in [6.07, 6.45) is 0.732. The number of aliphatic carboxylic acids is 1. The zero-order chi connectivity index (χ0) is 11.4. The van der Waals surface area contributed by atoms with E-state index in [1.165, 1.54) is 6.92 Å². The molecule has 4 N–H and O–H groups in total. The van der Waals surface area contributed by atoms with E-state index in [0.717, 1.165) is 0 Å². The van der Waals surface area contributed by atoms with E-state index in [2.05, 4.69) is 0 Å². The van der Waals surface area contributed by atoms with Gasteiger partial charge in [0.1, 0.15) is 5.54 Å². The van der Waals surface area contributed by atoms with Gasteiger partial charge in [0.2, 0.25) is 0 Å². The molecule has 14 heavy (non-hydrogen) atoms. The quantitative estimate of drug-likeness (QED) is 0.427. The molecule has 0 aliphatic heterocycles. The lowest BCUT2D eigenvalue weighted by molar-refractivity contribution is -0.142. The number of rotatable bonds is 6. The third-order valence-corrected chi connectivity index (χ3v) is 2.64. The molecule has 0 rings (SSSR count). The summed E-state index contributed by atoms with van der Waals surface area (Å²) in [5.41, 5.74) is 4.06. The number of unbranched alkanes of at least 4 members (excludes halogenated alkanes) is 1. The molecule has 1 atom stereocenters. The van der Waals surface area contributed by atoms with Crippen LogP contribution in [0.1, 0.15) is 26.2 Å². The minimum absolute atomic E-state index is 0.178. The van der Waals surface area contributed by atoms with Gasteiger partial charge in [0, 0.05) is 0 Å². The third kappa shape index (κ3) is 5.90. The maximum Gasteiger partial charge on any atom is 0.323 e. The Labute approximate surface area is 82.9 Å². The summed E-state index contributed by atoms with van der Waals surface area (Å²) >= 11 is 0. The Morgan fingerprint density at radius 1 is 1.43 bits per heavy atom. The molecule has 1 unspecified atom stereocenters. The SMILES string of the molecule is CC(N)(CCCCS(=O)(=O)O)C(=O)O. The largest absolute Gasteiger partial charge is 0.480 e. The second-order valence-corrected chi connectivity index (χ2v) is 5.04. The minimum atomic E-state index is -3.95. The topological polar surface area (TPSA) is 118 Å². The van der Waals surface area contributed by atoms with E-state index in [9.17, 15) is 13.2 Å². The molecule has 0 aromatic rings. The summed E-state index contributed by atoms with van der Waals surface area (Å²) in [5.74, 6) is -1.48. The van der Waals surface area contributed by atoms with Crippen LogP contribution in [0.25, 0.3) is 0 Å². The average Bonchev–Trinajstić information content (AvgIpc) is 1.96. The van der Waals surface area contributed by atoms with Crippen molar-refractivity contribution in [2.45, 2.75) is 31.7 Å². The summed E-state index contributed by atoms with van der Waals surface area (Å²) in [5, 5.41) is 8.61. The van der Waals surface area contributed by atoms with Crippen LogP contribution in [0.15, 0.2) is 0 Å². The Morgan fingerprint density at radius 3 is 2.29 bits per heavy atom. The zero-order valence-corrected chi connectivity index (χ0v) is 8.75. The van der Waals surface area contributed by atoms with Gasteiger partial charge >= 0.3 is 5.97 Å². The van der Waals surface area contributed by atoms with Crippen molar-refractivity contribution in [3.8, 4) is 0 Å². The lowest BCUT2D eigenvalue weighted by Gasteiger charge is -2.18. The van der Waals surface area contributed by atoms with Gasteiger partial charge in [-0.15, -0.1) is 0 Å². The van der Waals surface area contributed by atoms with Crippen LogP contribution < -0.4 is 5.73 Å². The molecule has 0 aliphatic rings. The second kappa shape index (κ2) is 4.72. The highest BCUT2D eigenvalue weighted by molar-refractivity contribution is 7.85. The highest BCUT2D eigenvalue weighted by atomic mass is 32.2. The van der Waals surface area contributed by atoms with Gasteiger partial charge in [-0.2, -0.15) is 8.42 Å². The molecular weight excluding hydrogens is 210 g/mol. The molecule has 0 aliphatic carbocycles. The fourth-order valence-corrected chi connectivity index (χ4v) is 1.45. The molecule has 7 heteroatoms. The van der Waals surface area contributed by atoms with Crippen molar-refractivity contribution in [2.24, 2.45) is 5.73 Å². The van der Waals surface area contributed by atoms with E-state index >= 15 is 0 Å². The number of hydrogen-bond donors (Lipinski definition) is 3. The van der Waals surface area contributed by atoms with Gasteiger partial charge in [0.05, 0.1) is 5.75 Å². The maximum atomic E-state index is 10.5. The first-order valence-electron chi connectivity index (χ1n) is 4.12. The van der Waals surface area contributed by atoms with Gasteiger partial charge in [-0.05, 0) is 26.2 Å². The first-order valence-corrected chi connectivity index (χ1v) is 5.73. The van der Waals surface area contributed by atoms with Crippen LogP contribution in [0.2, 0.25) is 0 Å². The third-order valence-electron chi connectivity index (χ3n) is 1.84. The monoisotopic (exact) mass is 225 g/mol. The van der Waals surface area contributed by atoms with E-state index < -0.39 is 21.6 Å². The number of nitrogens with two attached hydrogens (primary N) is 1. The molecule has 0 amide bonds. The first-order chi connectivity index (χ1) is 6.15. The average molecular weight is 225 g/mol. The number of carboxylic acid groups (broad SMARTS) is 1. The number of hydrogen-bond acceptors (Lipinski definition) is 4. The minimum Gasteiger partial charge on any atom is -0.480 e. The van der Waals surface area contributed by atoms with E-state index in [0.29, 0.717) is 6.42 Å². The van der Waals surface area contributed by atoms with Crippen LogP contribution in [0.5, 0.6) is 0 Å². The molecule has 0 aromatic heterocycles. The summed E-state index contributed by atoms with van der Waals surface area (Å²) in [6.45, 7) is 1.36. The van der Waals surface area contributed by atoms with Crippen LogP contribution in [0, 0.1) is 0 Å². The van der Waals surface area contributed by atoms with E-state index in [1.807, 2.05) is 0 Å². The van der Waals surface area contributed by atoms with Crippen molar-refractivity contribution < 1.29 is 22.9 Å². The second-order valence-electron chi connectivity index (χ2n) is 3.47. The fourth-order valence-electron chi connectivity index (χ4n) is 0.884. The summed E-state index contributed by atoms with van der Waals surface area (Å²) in [7, 11) is -3.95. The van der Waals surface area contributed by atoms with Crippen molar-refractivity contribution in [3.63, 3.8) is 0 Å². The molecule has 0 heterocycles.